The van der Waals surface area contributed by atoms with E-state index >= 15 is 0 Å². The molecule has 0 aromatic heterocycles. The maximum absolute atomic E-state index is 10.9. The van der Waals surface area contributed by atoms with Gasteiger partial charge >= 0.3 is 0 Å². The molecule has 0 fully saturated rings. The van der Waals surface area contributed by atoms with Crippen LogP contribution in [0.1, 0.15) is 29.2 Å². The highest BCUT2D eigenvalue weighted by molar-refractivity contribution is 9.10. The van der Waals surface area contributed by atoms with Crippen molar-refractivity contribution in [3.8, 4) is 5.75 Å². The highest BCUT2D eigenvalue weighted by Gasteiger charge is 2.16. The van der Waals surface area contributed by atoms with Crippen LogP contribution in [-0.2, 0) is 11.2 Å². The summed E-state index contributed by atoms with van der Waals surface area (Å²) in [6.45, 7) is 9.04. The lowest BCUT2D eigenvalue weighted by Gasteiger charge is -2.19. The van der Waals surface area contributed by atoms with E-state index in [0.717, 1.165) is 23.2 Å². The second-order valence-electron chi connectivity index (χ2n) is 4.83. The molecule has 1 aromatic rings. The van der Waals surface area contributed by atoms with Crippen molar-refractivity contribution in [1.82, 2.24) is 5.32 Å². The number of carbonyl (C=O) groups excluding carboxylic acids is 1. The number of halogens is 1. The molecule has 0 amide bonds. The number of ketones is 1. The summed E-state index contributed by atoms with van der Waals surface area (Å²) in [6.07, 6.45) is 0.849. The molecule has 1 aromatic carbocycles. The fraction of sp³-hybridized carbons (Fsp3) is 0.533. The zero-order valence-corrected chi connectivity index (χ0v) is 13.9. The first-order valence-electron chi connectivity index (χ1n) is 6.42. The van der Waals surface area contributed by atoms with Crippen molar-refractivity contribution in [2.24, 2.45) is 0 Å². The zero-order chi connectivity index (χ0) is 14.6. The van der Waals surface area contributed by atoms with E-state index in [1.807, 2.05) is 0 Å². The molecule has 0 unspecified atom stereocenters. The van der Waals surface area contributed by atoms with Gasteiger partial charge in [0.15, 0.2) is 0 Å². The largest absolute Gasteiger partial charge is 0.496 e. The van der Waals surface area contributed by atoms with E-state index in [0.29, 0.717) is 6.54 Å². The van der Waals surface area contributed by atoms with Crippen molar-refractivity contribution in [2.75, 3.05) is 20.2 Å². The second kappa shape index (κ2) is 7.06. The molecule has 0 aliphatic heterocycles. The molecule has 106 valence electrons. The van der Waals surface area contributed by atoms with E-state index in [1.165, 1.54) is 22.3 Å². The first-order valence-corrected chi connectivity index (χ1v) is 7.21. The maximum atomic E-state index is 10.9. The Morgan fingerprint density at radius 3 is 2.37 bits per heavy atom. The average molecular weight is 328 g/mol. The van der Waals surface area contributed by atoms with Crippen LogP contribution in [0.4, 0.5) is 0 Å². The van der Waals surface area contributed by atoms with E-state index in [4.69, 9.17) is 4.74 Å². The highest BCUT2D eigenvalue weighted by Crippen LogP contribution is 2.36. The van der Waals surface area contributed by atoms with Gasteiger partial charge in [-0.25, -0.2) is 0 Å². The van der Waals surface area contributed by atoms with Gasteiger partial charge in [0.25, 0.3) is 0 Å². The standard InChI is InChI=1S/C15H22BrNO2/c1-9(18)8-17-7-6-13-12(4)14(16)10(2)11(3)15(13)19-5/h17H,6-8H2,1-5H3. The van der Waals surface area contributed by atoms with Gasteiger partial charge in [0.1, 0.15) is 11.5 Å². The number of benzene rings is 1. The first-order chi connectivity index (χ1) is 8.90. The lowest BCUT2D eigenvalue weighted by Crippen LogP contribution is -2.23. The number of methoxy groups -OCH3 is 1. The predicted octanol–water partition coefficient (Wildman–Crippen LogP) is 3.10. The quantitative estimate of drug-likeness (QED) is 0.816. The molecule has 3 nitrogen and oxygen atoms in total. The molecule has 19 heavy (non-hydrogen) atoms. The van der Waals surface area contributed by atoms with E-state index in [2.05, 4.69) is 42.0 Å². The van der Waals surface area contributed by atoms with Gasteiger partial charge in [0, 0.05) is 4.47 Å². The Balaban J connectivity index is 2.96. The Bertz CT molecular complexity index is 484. The summed E-state index contributed by atoms with van der Waals surface area (Å²) >= 11 is 3.65. The lowest BCUT2D eigenvalue weighted by molar-refractivity contribution is -0.116. The molecular formula is C15H22BrNO2. The van der Waals surface area contributed by atoms with Gasteiger partial charge in [0.05, 0.1) is 13.7 Å². The maximum Gasteiger partial charge on any atom is 0.143 e. The number of ether oxygens (including phenoxy) is 1. The molecule has 0 saturated heterocycles. The number of rotatable bonds is 6. The van der Waals surface area contributed by atoms with Crippen molar-refractivity contribution in [2.45, 2.75) is 34.1 Å². The molecule has 4 heteroatoms. The van der Waals surface area contributed by atoms with E-state index in [9.17, 15) is 4.79 Å². The molecule has 0 aliphatic carbocycles. The smallest absolute Gasteiger partial charge is 0.143 e. The summed E-state index contributed by atoms with van der Waals surface area (Å²) in [6, 6.07) is 0. The molecular weight excluding hydrogens is 306 g/mol. The van der Waals surface area contributed by atoms with E-state index in [-0.39, 0.29) is 5.78 Å². The van der Waals surface area contributed by atoms with Crippen LogP contribution in [0.5, 0.6) is 5.75 Å². The summed E-state index contributed by atoms with van der Waals surface area (Å²) in [5.74, 6) is 1.12. The predicted molar refractivity (Wildman–Crippen MR) is 82.2 cm³/mol. The summed E-state index contributed by atoms with van der Waals surface area (Å²) in [5, 5.41) is 3.14. The van der Waals surface area contributed by atoms with Gasteiger partial charge in [-0.2, -0.15) is 0 Å². The van der Waals surface area contributed by atoms with Crippen LogP contribution in [0.3, 0.4) is 0 Å². The van der Waals surface area contributed by atoms with Crippen LogP contribution in [0.15, 0.2) is 4.47 Å². The van der Waals surface area contributed by atoms with Crippen LogP contribution < -0.4 is 10.1 Å². The number of Topliss-reactive ketones (excluding diaryl/α,β-unsaturated/α-hetero) is 1. The minimum atomic E-state index is 0.157. The molecule has 0 bridgehead atoms. The molecule has 1 N–H and O–H groups in total. The normalized spacial score (nSPS) is 10.6. The van der Waals surface area contributed by atoms with Crippen LogP contribution in [0.25, 0.3) is 0 Å². The first kappa shape index (κ1) is 16.2. The minimum absolute atomic E-state index is 0.157. The second-order valence-corrected chi connectivity index (χ2v) is 5.62. The monoisotopic (exact) mass is 327 g/mol. The molecule has 0 radical (unpaired) electrons. The Morgan fingerprint density at radius 1 is 1.21 bits per heavy atom. The molecule has 0 saturated carbocycles. The Labute approximate surface area is 123 Å². The van der Waals surface area contributed by atoms with Crippen molar-refractivity contribution >= 4 is 21.7 Å². The molecule has 0 heterocycles. The molecule has 1 rings (SSSR count). The molecule has 0 spiro atoms. The third-order valence-corrected chi connectivity index (χ3v) is 4.61. The fourth-order valence-corrected chi connectivity index (χ4v) is 2.74. The number of hydrogen-bond acceptors (Lipinski definition) is 3. The summed E-state index contributed by atoms with van der Waals surface area (Å²) < 4.78 is 6.70. The summed E-state index contributed by atoms with van der Waals surface area (Å²) in [7, 11) is 1.71. The van der Waals surface area contributed by atoms with Gasteiger partial charge in [-0.05, 0) is 62.9 Å². The lowest BCUT2D eigenvalue weighted by atomic mass is 9.97. The van der Waals surface area contributed by atoms with E-state index in [1.54, 1.807) is 14.0 Å². The van der Waals surface area contributed by atoms with Gasteiger partial charge in [-0.1, -0.05) is 15.9 Å². The number of hydrogen-bond donors (Lipinski definition) is 1. The average Bonchev–Trinajstić information content (AvgIpc) is 2.37. The fourth-order valence-electron chi connectivity index (χ4n) is 2.20. The highest BCUT2D eigenvalue weighted by atomic mass is 79.9. The summed E-state index contributed by atoms with van der Waals surface area (Å²) in [5.41, 5.74) is 4.80. The Kier molecular flexibility index (Phi) is 6.01. The zero-order valence-electron chi connectivity index (χ0n) is 12.3. The van der Waals surface area contributed by atoms with Crippen molar-refractivity contribution in [3.05, 3.63) is 26.7 Å². The third kappa shape index (κ3) is 3.80. The Hall–Kier alpha value is -0.870. The van der Waals surface area contributed by atoms with Crippen LogP contribution in [-0.4, -0.2) is 26.0 Å². The third-order valence-electron chi connectivity index (χ3n) is 3.42. The van der Waals surface area contributed by atoms with Crippen molar-refractivity contribution < 1.29 is 9.53 Å². The molecule has 0 atom stereocenters. The van der Waals surface area contributed by atoms with Gasteiger partial charge in [0.2, 0.25) is 0 Å². The van der Waals surface area contributed by atoms with Crippen LogP contribution >= 0.6 is 15.9 Å². The minimum Gasteiger partial charge on any atom is -0.496 e. The number of nitrogens with one attached hydrogen (secondary N) is 1. The van der Waals surface area contributed by atoms with E-state index < -0.39 is 0 Å². The van der Waals surface area contributed by atoms with Crippen molar-refractivity contribution in [3.63, 3.8) is 0 Å². The van der Waals surface area contributed by atoms with Gasteiger partial charge in [-0.15, -0.1) is 0 Å². The van der Waals surface area contributed by atoms with Gasteiger partial charge in [-0.3, -0.25) is 4.79 Å². The topological polar surface area (TPSA) is 38.3 Å². The van der Waals surface area contributed by atoms with Crippen LogP contribution in [0.2, 0.25) is 0 Å². The van der Waals surface area contributed by atoms with Crippen molar-refractivity contribution in [1.29, 1.82) is 0 Å². The summed E-state index contributed by atoms with van der Waals surface area (Å²) in [4.78, 5) is 10.9. The SMILES string of the molecule is COc1c(C)c(C)c(Br)c(C)c1CCNCC(C)=O. The molecule has 0 aliphatic rings. The van der Waals surface area contributed by atoms with Gasteiger partial charge < -0.3 is 10.1 Å². The Morgan fingerprint density at radius 2 is 1.84 bits per heavy atom. The number of carbonyl (C=O) groups is 1. The van der Waals surface area contributed by atoms with Crippen LogP contribution in [0, 0.1) is 20.8 Å².